The molecule has 0 bridgehead atoms. The lowest BCUT2D eigenvalue weighted by atomic mass is 10.1. The minimum atomic E-state index is -0.383. The van der Waals surface area contributed by atoms with Gasteiger partial charge in [-0.25, -0.2) is 4.98 Å². The Kier molecular flexibility index (Phi) is 1.61. The fourth-order valence-corrected chi connectivity index (χ4v) is 2.18. The minimum Gasteiger partial charge on any atom is -0.373 e. The Bertz CT molecular complexity index is 475. The number of nitrogens with zero attached hydrogens (tertiary/aromatic N) is 2. The molecule has 14 heavy (non-hydrogen) atoms. The average Bonchev–Trinajstić information content (AvgIpc) is 2.57. The topological polar surface area (TPSA) is 38.1 Å². The third-order valence-electron chi connectivity index (χ3n) is 2.83. The van der Waals surface area contributed by atoms with Gasteiger partial charge in [-0.05, 0) is 25.0 Å². The summed E-state index contributed by atoms with van der Waals surface area (Å²) in [5.74, 6) is 1.02. The van der Waals surface area contributed by atoms with Gasteiger partial charge in [-0.3, -0.25) is 0 Å². The maximum atomic E-state index is 9.87. The number of fused-ring (bicyclic) bond motifs is 3. The van der Waals surface area contributed by atoms with E-state index in [2.05, 4.69) is 4.98 Å². The van der Waals surface area contributed by atoms with E-state index >= 15 is 0 Å². The Morgan fingerprint density at radius 2 is 2.21 bits per heavy atom. The van der Waals surface area contributed by atoms with Crippen LogP contribution in [0.2, 0.25) is 0 Å². The Labute approximate surface area is 82.0 Å². The number of para-hydroxylation sites is 2. The molecule has 0 saturated carbocycles. The van der Waals surface area contributed by atoms with Crippen LogP contribution in [-0.4, -0.2) is 14.7 Å². The van der Waals surface area contributed by atoms with Gasteiger partial charge in [0, 0.05) is 6.42 Å². The van der Waals surface area contributed by atoms with Crippen molar-refractivity contribution in [2.75, 3.05) is 0 Å². The van der Waals surface area contributed by atoms with Crippen molar-refractivity contribution in [1.82, 2.24) is 9.55 Å². The Hall–Kier alpha value is -1.35. The second kappa shape index (κ2) is 2.82. The van der Waals surface area contributed by atoms with Gasteiger partial charge in [-0.15, -0.1) is 0 Å². The molecule has 1 N–H and O–H groups in total. The summed E-state index contributed by atoms with van der Waals surface area (Å²) < 4.78 is 1.96. The number of aryl methyl sites for hydroxylation is 1. The highest BCUT2D eigenvalue weighted by Crippen LogP contribution is 2.27. The molecule has 3 nitrogen and oxygen atoms in total. The summed E-state index contributed by atoms with van der Waals surface area (Å²) in [6.45, 7) is 0. The number of benzene rings is 1. The van der Waals surface area contributed by atoms with Crippen LogP contribution in [0.3, 0.4) is 0 Å². The van der Waals surface area contributed by atoms with Gasteiger partial charge in [-0.1, -0.05) is 12.1 Å². The highest BCUT2D eigenvalue weighted by atomic mass is 16.3. The smallest absolute Gasteiger partial charge is 0.132 e. The van der Waals surface area contributed by atoms with Crippen LogP contribution in [0, 0.1) is 0 Å². The summed E-state index contributed by atoms with van der Waals surface area (Å²) in [5.41, 5.74) is 2.04. The standard InChI is InChI=1S/C11H12N2O/c14-11-7-3-6-10-12-8-4-1-2-5-9(8)13(10)11/h1-2,4-5,11,14H,3,6-7H2. The predicted octanol–water partition coefficient (Wildman–Crippen LogP) is 1.86. The van der Waals surface area contributed by atoms with Gasteiger partial charge in [0.25, 0.3) is 0 Å². The van der Waals surface area contributed by atoms with Crippen molar-refractivity contribution in [1.29, 1.82) is 0 Å². The number of aromatic nitrogens is 2. The van der Waals surface area contributed by atoms with Gasteiger partial charge in [0.15, 0.2) is 0 Å². The first-order valence-corrected chi connectivity index (χ1v) is 5.00. The first kappa shape index (κ1) is 8.00. The van der Waals surface area contributed by atoms with E-state index in [0.29, 0.717) is 0 Å². The molecule has 0 amide bonds. The number of rotatable bonds is 0. The minimum absolute atomic E-state index is 0.383. The zero-order chi connectivity index (χ0) is 9.54. The highest BCUT2D eigenvalue weighted by molar-refractivity contribution is 5.76. The highest BCUT2D eigenvalue weighted by Gasteiger charge is 2.20. The summed E-state index contributed by atoms with van der Waals surface area (Å²) >= 11 is 0. The van der Waals surface area contributed by atoms with Gasteiger partial charge in [-0.2, -0.15) is 0 Å². The van der Waals surface area contributed by atoms with E-state index in [1.807, 2.05) is 28.8 Å². The zero-order valence-corrected chi connectivity index (χ0v) is 7.85. The molecule has 0 aliphatic carbocycles. The fourth-order valence-electron chi connectivity index (χ4n) is 2.18. The second-order valence-electron chi connectivity index (χ2n) is 3.76. The molecule has 0 radical (unpaired) electrons. The molecule has 0 fully saturated rings. The van der Waals surface area contributed by atoms with Crippen molar-refractivity contribution in [3.05, 3.63) is 30.1 Å². The molecule has 1 aliphatic rings. The molecule has 1 unspecified atom stereocenters. The van der Waals surface area contributed by atoms with Crippen molar-refractivity contribution < 1.29 is 5.11 Å². The normalized spacial score (nSPS) is 21.1. The molecule has 3 rings (SSSR count). The summed E-state index contributed by atoms with van der Waals surface area (Å²) in [6.07, 6.45) is 2.47. The maximum Gasteiger partial charge on any atom is 0.132 e. The second-order valence-corrected chi connectivity index (χ2v) is 3.76. The molecule has 1 aliphatic heterocycles. The van der Waals surface area contributed by atoms with Crippen molar-refractivity contribution >= 4 is 11.0 Å². The quantitative estimate of drug-likeness (QED) is 0.685. The summed E-state index contributed by atoms with van der Waals surface area (Å²) in [6, 6.07) is 7.97. The van der Waals surface area contributed by atoms with E-state index < -0.39 is 0 Å². The molecule has 2 heterocycles. The van der Waals surface area contributed by atoms with Crippen LogP contribution in [-0.2, 0) is 6.42 Å². The van der Waals surface area contributed by atoms with Crippen molar-refractivity contribution in [2.24, 2.45) is 0 Å². The van der Waals surface area contributed by atoms with E-state index in [9.17, 15) is 5.11 Å². The number of aliphatic hydroxyl groups excluding tert-OH is 1. The lowest BCUT2D eigenvalue weighted by Crippen LogP contribution is -2.16. The largest absolute Gasteiger partial charge is 0.373 e. The van der Waals surface area contributed by atoms with E-state index in [4.69, 9.17) is 0 Å². The first-order chi connectivity index (χ1) is 6.86. The summed E-state index contributed by atoms with van der Waals surface area (Å²) in [4.78, 5) is 4.51. The van der Waals surface area contributed by atoms with Crippen LogP contribution >= 0.6 is 0 Å². The van der Waals surface area contributed by atoms with Gasteiger partial charge >= 0.3 is 0 Å². The molecule has 2 aromatic rings. The third-order valence-corrected chi connectivity index (χ3v) is 2.83. The fraction of sp³-hybridized carbons (Fsp3) is 0.364. The van der Waals surface area contributed by atoms with Crippen LogP contribution in [0.25, 0.3) is 11.0 Å². The summed E-state index contributed by atoms with van der Waals surface area (Å²) in [7, 11) is 0. The Balaban J connectivity index is 2.34. The molecule has 3 heteroatoms. The Morgan fingerprint density at radius 3 is 3.14 bits per heavy atom. The van der Waals surface area contributed by atoms with Gasteiger partial charge in [0.1, 0.15) is 12.1 Å². The molecular formula is C11H12N2O. The molecule has 0 saturated heterocycles. The maximum absolute atomic E-state index is 9.87. The number of hydrogen-bond acceptors (Lipinski definition) is 2. The van der Waals surface area contributed by atoms with E-state index in [1.54, 1.807) is 0 Å². The SMILES string of the molecule is OC1CCCc2nc3ccccc3n21. The lowest BCUT2D eigenvalue weighted by molar-refractivity contribution is 0.0823. The van der Waals surface area contributed by atoms with Crippen LogP contribution in [0.1, 0.15) is 24.9 Å². The zero-order valence-electron chi connectivity index (χ0n) is 7.85. The van der Waals surface area contributed by atoms with Crippen LogP contribution < -0.4 is 0 Å². The van der Waals surface area contributed by atoms with Crippen molar-refractivity contribution in [2.45, 2.75) is 25.5 Å². The van der Waals surface area contributed by atoms with E-state index in [0.717, 1.165) is 36.1 Å². The van der Waals surface area contributed by atoms with E-state index in [1.165, 1.54) is 0 Å². The van der Waals surface area contributed by atoms with Crippen molar-refractivity contribution in [3.63, 3.8) is 0 Å². The first-order valence-electron chi connectivity index (χ1n) is 5.00. The Morgan fingerprint density at radius 1 is 1.36 bits per heavy atom. The predicted molar refractivity (Wildman–Crippen MR) is 53.9 cm³/mol. The lowest BCUT2D eigenvalue weighted by Gasteiger charge is -2.20. The van der Waals surface area contributed by atoms with Crippen LogP contribution in [0.15, 0.2) is 24.3 Å². The molecule has 0 spiro atoms. The van der Waals surface area contributed by atoms with Crippen LogP contribution in [0.5, 0.6) is 0 Å². The summed E-state index contributed by atoms with van der Waals surface area (Å²) in [5, 5.41) is 9.87. The monoisotopic (exact) mass is 188 g/mol. The van der Waals surface area contributed by atoms with Crippen LogP contribution in [0.4, 0.5) is 0 Å². The van der Waals surface area contributed by atoms with Gasteiger partial charge in [0.05, 0.1) is 11.0 Å². The van der Waals surface area contributed by atoms with Gasteiger partial charge in [0.2, 0.25) is 0 Å². The molecule has 72 valence electrons. The van der Waals surface area contributed by atoms with E-state index in [-0.39, 0.29) is 6.23 Å². The van der Waals surface area contributed by atoms with Crippen molar-refractivity contribution in [3.8, 4) is 0 Å². The average molecular weight is 188 g/mol. The third kappa shape index (κ3) is 0.990. The number of hydrogen-bond donors (Lipinski definition) is 1. The van der Waals surface area contributed by atoms with Gasteiger partial charge < -0.3 is 9.67 Å². The molecule has 1 aromatic heterocycles. The molecular weight excluding hydrogens is 176 g/mol. The number of imidazole rings is 1. The molecule has 1 atom stereocenters. The molecule has 1 aromatic carbocycles. The number of aliphatic hydroxyl groups is 1.